The summed E-state index contributed by atoms with van der Waals surface area (Å²) in [7, 11) is 0. The Balaban J connectivity index is 1.70. The fraction of sp³-hybridized carbons (Fsp3) is 0.471. The van der Waals surface area contributed by atoms with E-state index in [1.54, 1.807) is 12.1 Å². The summed E-state index contributed by atoms with van der Waals surface area (Å²) in [6.45, 7) is 4.50. The summed E-state index contributed by atoms with van der Waals surface area (Å²) < 4.78 is 2.00. The van der Waals surface area contributed by atoms with Crippen molar-refractivity contribution in [3.63, 3.8) is 0 Å². The molecule has 0 aliphatic carbocycles. The monoisotopic (exact) mass is 346 g/mol. The first-order valence-electron chi connectivity index (χ1n) is 8.32. The first kappa shape index (κ1) is 16.8. The molecule has 1 fully saturated rings. The van der Waals surface area contributed by atoms with E-state index >= 15 is 0 Å². The number of hydrogen-bond acceptors (Lipinski definition) is 5. The summed E-state index contributed by atoms with van der Waals surface area (Å²) in [4.78, 5) is 14.3. The second-order valence-corrected chi connectivity index (χ2v) is 6.77. The fourth-order valence-corrected chi connectivity index (χ4v) is 3.77. The molecule has 0 atom stereocenters. The number of phenolic OH excluding ortho intramolecular Hbond substituents is 1. The molecule has 0 bridgehead atoms. The van der Waals surface area contributed by atoms with Crippen LogP contribution in [-0.4, -0.2) is 49.5 Å². The number of carbonyl (C=O) groups is 1. The van der Waals surface area contributed by atoms with Crippen LogP contribution in [0.5, 0.6) is 5.75 Å². The molecule has 1 aromatic carbocycles. The van der Waals surface area contributed by atoms with E-state index in [0.29, 0.717) is 5.75 Å². The topological polar surface area (TPSA) is 71.2 Å². The van der Waals surface area contributed by atoms with E-state index in [0.717, 1.165) is 49.0 Å². The van der Waals surface area contributed by atoms with E-state index in [2.05, 4.69) is 10.2 Å². The maximum Gasteiger partial charge on any atom is 0.233 e. The van der Waals surface area contributed by atoms with Gasteiger partial charge in [0.25, 0.3) is 0 Å². The van der Waals surface area contributed by atoms with E-state index < -0.39 is 0 Å². The van der Waals surface area contributed by atoms with Crippen LogP contribution in [0.25, 0.3) is 11.4 Å². The van der Waals surface area contributed by atoms with E-state index in [4.69, 9.17) is 0 Å². The lowest BCUT2D eigenvalue weighted by Crippen LogP contribution is -2.36. The molecule has 0 radical (unpaired) electrons. The first-order chi connectivity index (χ1) is 11.7. The summed E-state index contributed by atoms with van der Waals surface area (Å²) in [6.07, 6.45) is 3.43. The van der Waals surface area contributed by atoms with Gasteiger partial charge in [-0.05, 0) is 50.5 Å². The number of amides is 1. The normalized spacial score (nSPS) is 14.8. The summed E-state index contributed by atoms with van der Waals surface area (Å²) in [6, 6.07) is 6.91. The lowest BCUT2D eigenvalue weighted by atomic mass is 10.1. The van der Waals surface area contributed by atoms with Gasteiger partial charge in [-0.15, -0.1) is 10.2 Å². The lowest BCUT2D eigenvalue weighted by molar-refractivity contribution is -0.129. The highest BCUT2D eigenvalue weighted by atomic mass is 32.2. The van der Waals surface area contributed by atoms with E-state index in [1.165, 1.54) is 18.2 Å². The molecule has 0 saturated carbocycles. The van der Waals surface area contributed by atoms with Crippen LogP contribution in [0.4, 0.5) is 0 Å². The van der Waals surface area contributed by atoms with Gasteiger partial charge in [0.1, 0.15) is 5.75 Å². The van der Waals surface area contributed by atoms with Crippen LogP contribution in [0, 0.1) is 0 Å². The van der Waals surface area contributed by atoms with E-state index in [1.807, 2.05) is 28.5 Å². The maximum absolute atomic E-state index is 12.3. The third kappa shape index (κ3) is 3.72. The summed E-state index contributed by atoms with van der Waals surface area (Å²) in [5.74, 6) is 1.55. The number of nitrogens with zero attached hydrogens (tertiary/aromatic N) is 4. The predicted octanol–water partition coefficient (Wildman–Crippen LogP) is 2.78. The van der Waals surface area contributed by atoms with Crippen molar-refractivity contribution >= 4 is 17.7 Å². The Morgan fingerprint density at radius 1 is 1.17 bits per heavy atom. The van der Waals surface area contributed by atoms with Crippen LogP contribution in [0.15, 0.2) is 29.4 Å². The highest BCUT2D eigenvalue weighted by Crippen LogP contribution is 2.25. The van der Waals surface area contributed by atoms with E-state index in [-0.39, 0.29) is 11.7 Å². The van der Waals surface area contributed by atoms with Gasteiger partial charge in [0.05, 0.1) is 5.75 Å². The molecular formula is C17H22N4O2S. The maximum atomic E-state index is 12.3. The molecular weight excluding hydrogens is 324 g/mol. The number of aromatic hydroxyl groups is 1. The second kappa shape index (κ2) is 7.70. The van der Waals surface area contributed by atoms with Crippen molar-refractivity contribution < 1.29 is 9.90 Å². The van der Waals surface area contributed by atoms with Crippen LogP contribution in [0.2, 0.25) is 0 Å². The minimum atomic E-state index is 0.177. The van der Waals surface area contributed by atoms with Gasteiger partial charge in [-0.25, -0.2) is 0 Å². The standard InChI is InChI=1S/C17H22N4O2S/c1-2-21-16(13-6-8-14(22)9-7-13)18-19-17(21)24-12-15(23)20-10-4-3-5-11-20/h6-9,22H,2-5,10-12H2,1H3. The molecule has 0 spiro atoms. The van der Waals surface area contributed by atoms with Crippen molar-refractivity contribution in [2.24, 2.45) is 0 Å². The van der Waals surface area contributed by atoms with Crippen molar-refractivity contribution in [3.05, 3.63) is 24.3 Å². The molecule has 1 aliphatic rings. The molecule has 0 unspecified atom stereocenters. The molecule has 128 valence electrons. The zero-order chi connectivity index (χ0) is 16.9. The van der Waals surface area contributed by atoms with Crippen molar-refractivity contribution in [3.8, 4) is 17.1 Å². The van der Waals surface area contributed by atoms with Crippen molar-refractivity contribution in [2.75, 3.05) is 18.8 Å². The molecule has 2 heterocycles. The Morgan fingerprint density at radius 3 is 2.54 bits per heavy atom. The number of likely N-dealkylation sites (tertiary alicyclic amines) is 1. The number of thioether (sulfide) groups is 1. The molecule has 24 heavy (non-hydrogen) atoms. The quantitative estimate of drug-likeness (QED) is 0.843. The number of benzene rings is 1. The average Bonchev–Trinajstić information content (AvgIpc) is 3.04. The van der Waals surface area contributed by atoms with Gasteiger partial charge in [-0.1, -0.05) is 11.8 Å². The molecule has 6 nitrogen and oxygen atoms in total. The summed E-state index contributed by atoms with van der Waals surface area (Å²) >= 11 is 1.44. The highest BCUT2D eigenvalue weighted by Gasteiger charge is 2.19. The Bertz CT molecular complexity index is 693. The first-order valence-corrected chi connectivity index (χ1v) is 9.30. The molecule has 7 heteroatoms. The molecule has 3 rings (SSSR count). The highest BCUT2D eigenvalue weighted by molar-refractivity contribution is 7.99. The number of aromatic nitrogens is 3. The van der Waals surface area contributed by atoms with Crippen LogP contribution >= 0.6 is 11.8 Å². The van der Waals surface area contributed by atoms with Crippen molar-refractivity contribution in [1.82, 2.24) is 19.7 Å². The number of phenols is 1. The summed E-state index contributed by atoms with van der Waals surface area (Å²) in [5, 5.41) is 18.7. The smallest absolute Gasteiger partial charge is 0.233 e. The minimum absolute atomic E-state index is 0.177. The number of rotatable bonds is 5. The van der Waals surface area contributed by atoms with Gasteiger partial charge in [-0.2, -0.15) is 0 Å². The van der Waals surface area contributed by atoms with Gasteiger partial charge in [-0.3, -0.25) is 4.79 Å². The molecule has 1 amide bonds. The Hall–Kier alpha value is -2.02. The molecule has 1 aromatic heterocycles. The second-order valence-electron chi connectivity index (χ2n) is 5.83. The SMILES string of the molecule is CCn1c(SCC(=O)N2CCCCC2)nnc1-c1ccc(O)cc1. The van der Waals surface area contributed by atoms with Gasteiger partial charge in [0.15, 0.2) is 11.0 Å². The van der Waals surface area contributed by atoms with Crippen LogP contribution in [0.3, 0.4) is 0 Å². The predicted molar refractivity (Wildman–Crippen MR) is 94.0 cm³/mol. The number of hydrogen-bond donors (Lipinski definition) is 1. The summed E-state index contributed by atoms with van der Waals surface area (Å²) in [5.41, 5.74) is 0.899. The Morgan fingerprint density at radius 2 is 1.88 bits per heavy atom. The van der Waals surface area contributed by atoms with Crippen LogP contribution in [-0.2, 0) is 11.3 Å². The van der Waals surface area contributed by atoms with Crippen molar-refractivity contribution in [1.29, 1.82) is 0 Å². The zero-order valence-corrected chi connectivity index (χ0v) is 14.6. The van der Waals surface area contributed by atoms with Gasteiger partial charge < -0.3 is 14.6 Å². The van der Waals surface area contributed by atoms with Crippen LogP contribution < -0.4 is 0 Å². The van der Waals surface area contributed by atoms with Gasteiger partial charge in [0, 0.05) is 25.2 Å². The molecule has 1 N–H and O–H groups in total. The Kier molecular flexibility index (Phi) is 5.40. The molecule has 1 aliphatic heterocycles. The third-order valence-corrected chi connectivity index (χ3v) is 5.14. The largest absolute Gasteiger partial charge is 0.508 e. The molecule has 2 aromatic rings. The van der Waals surface area contributed by atoms with Gasteiger partial charge >= 0.3 is 0 Å². The fourth-order valence-electron chi connectivity index (χ4n) is 2.87. The Labute approximate surface area is 145 Å². The van der Waals surface area contributed by atoms with Crippen molar-refractivity contribution in [2.45, 2.75) is 37.9 Å². The zero-order valence-electron chi connectivity index (χ0n) is 13.8. The number of carbonyl (C=O) groups excluding carboxylic acids is 1. The van der Waals surface area contributed by atoms with E-state index in [9.17, 15) is 9.90 Å². The number of piperidine rings is 1. The average molecular weight is 346 g/mol. The molecule has 1 saturated heterocycles. The third-order valence-electron chi connectivity index (χ3n) is 4.19. The lowest BCUT2D eigenvalue weighted by Gasteiger charge is -2.26. The van der Waals surface area contributed by atoms with Crippen LogP contribution in [0.1, 0.15) is 26.2 Å². The van der Waals surface area contributed by atoms with Gasteiger partial charge in [0.2, 0.25) is 5.91 Å². The minimum Gasteiger partial charge on any atom is -0.508 e.